The van der Waals surface area contributed by atoms with Crippen LogP contribution in [0.5, 0.6) is 0 Å². The minimum atomic E-state index is 0.960. The summed E-state index contributed by atoms with van der Waals surface area (Å²) in [5.41, 5.74) is 1.34. The van der Waals surface area contributed by atoms with Gasteiger partial charge in [0.05, 0.1) is 0 Å². The Hall–Kier alpha value is -0.470. The SMILES string of the molecule is SCCCNCc1ccccc1. The van der Waals surface area contributed by atoms with E-state index in [0.717, 1.165) is 25.3 Å². The fourth-order valence-corrected chi connectivity index (χ4v) is 1.19. The molecular formula is C10H15NS. The monoisotopic (exact) mass is 181 g/mol. The van der Waals surface area contributed by atoms with Gasteiger partial charge in [-0.15, -0.1) is 0 Å². The smallest absolute Gasteiger partial charge is 0.0205 e. The van der Waals surface area contributed by atoms with E-state index in [4.69, 9.17) is 0 Å². The van der Waals surface area contributed by atoms with Crippen LogP contribution in [0, 0.1) is 0 Å². The van der Waals surface area contributed by atoms with Crippen LogP contribution < -0.4 is 5.32 Å². The second-order valence-corrected chi connectivity index (χ2v) is 3.19. The van der Waals surface area contributed by atoms with E-state index in [1.807, 2.05) is 6.07 Å². The largest absolute Gasteiger partial charge is 0.313 e. The van der Waals surface area contributed by atoms with E-state index in [1.165, 1.54) is 5.56 Å². The van der Waals surface area contributed by atoms with E-state index in [-0.39, 0.29) is 0 Å². The summed E-state index contributed by atoms with van der Waals surface area (Å²) in [6.45, 7) is 2.02. The van der Waals surface area contributed by atoms with E-state index in [1.54, 1.807) is 0 Å². The zero-order chi connectivity index (χ0) is 8.65. The van der Waals surface area contributed by atoms with Gasteiger partial charge in [-0.1, -0.05) is 30.3 Å². The van der Waals surface area contributed by atoms with Crippen molar-refractivity contribution in [3.05, 3.63) is 35.9 Å². The first kappa shape index (κ1) is 9.62. The van der Waals surface area contributed by atoms with Gasteiger partial charge >= 0.3 is 0 Å². The Kier molecular flexibility index (Phi) is 4.88. The van der Waals surface area contributed by atoms with Crippen molar-refractivity contribution in [2.45, 2.75) is 13.0 Å². The zero-order valence-electron chi connectivity index (χ0n) is 7.16. The molecule has 0 saturated carbocycles. The summed E-state index contributed by atoms with van der Waals surface area (Å²) in [4.78, 5) is 0. The van der Waals surface area contributed by atoms with Gasteiger partial charge in [-0.05, 0) is 24.3 Å². The van der Waals surface area contributed by atoms with Gasteiger partial charge in [0.25, 0.3) is 0 Å². The Morgan fingerprint density at radius 3 is 2.58 bits per heavy atom. The summed E-state index contributed by atoms with van der Waals surface area (Å²) in [5.74, 6) is 0.960. The van der Waals surface area contributed by atoms with Gasteiger partial charge in [-0.25, -0.2) is 0 Å². The minimum absolute atomic E-state index is 0.960. The third-order valence-electron chi connectivity index (χ3n) is 1.68. The molecule has 0 amide bonds. The molecular weight excluding hydrogens is 166 g/mol. The fraction of sp³-hybridized carbons (Fsp3) is 0.400. The molecule has 0 aromatic heterocycles. The lowest BCUT2D eigenvalue weighted by molar-refractivity contribution is 0.679. The van der Waals surface area contributed by atoms with E-state index in [0.29, 0.717) is 0 Å². The molecule has 0 fully saturated rings. The second-order valence-electron chi connectivity index (χ2n) is 2.74. The van der Waals surface area contributed by atoms with Crippen molar-refractivity contribution in [3.63, 3.8) is 0 Å². The van der Waals surface area contributed by atoms with Crippen LogP contribution >= 0.6 is 12.6 Å². The second kappa shape index (κ2) is 6.09. The molecule has 0 spiro atoms. The normalized spacial score (nSPS) is 10.1. The summed E-state index contributed by atoms with van der Waals surface area (Å²) in [7, 11) is 0. The first-order chi connectivity index (χ1) is 5.93. The maximum absolute atomic E-state index is 4.14. The van der Waals surface area contributed by atoms with Gasteiger partial charge in [-0.2, -0.15) is 12.6 Å². The van der Waals surface area contributed by atoms with E-state index < -0.39 is 0 Å². The summed E-state index contributed by atoms with van der Waals surface area (Å²) in [6.07, 6.45) is 1.13. The number of hydrogen-bond donors (Lipinski definition) is 2. The van der Waals surface area contributed by atoms with Crippen LogP contribution in [0.3, 0.4) is 0 Å². The number of benzene rings is 1. The molecule has 1 aromatic carbocycles. The zero-order valence-corrected chi connectivity index (χ0v) is 8.06. The summed E-state index contributed by atoms with van der Waals surface area (Å²) < 4.78 is 0. The predicted molar refractivity (Wildman–Crippen MR) is 56.6 cm³/mol. The molecule has 0 radical (unpaired) electrons. The summed E-state index contributed by atoms with van der Waals surface area (Å²) >= 11 is 4.14. The average Bonchev–Trinajstić information content (AvgIpc) is 2.14. The van der Waals surface area contributed by atoms with E-state index in [9.17, 15) is 0 Å². The summed E-state index contributed by atoms with van der Waals surface area (Å²) in [6, 6.07) is 10.4. The molecule has 1 rings (SSSR count). The van der Waals surface area contributed by atoms with Gasteiger partial charge in [0, 0.05) is 6.54 Å². The quantitative estimate of drug-likeness (QED) is 0.523. The molecule has 1 aromatic rings. The molecule has 1 N–H and O–H groups in total. The highest BCUT2D eigenvalue weighted by Gasteiger charge is 1.88. The minimum Gasteiger partial charge on any atom is -0.313 e. The van der Waals surface area contributed by atoms with Crippen molar-refractivity contribution in [1.82, 2.24) is 5.32 Å². The van der Waals surface area contributed by atoms with Crippen LogP contribution in [-0.2, 0) is 6.54 Å². The van der Waals surface area contributed by atoms with Crippen molar-refractivity contribution >= 4 is 12.6 Å². The highest BCUT2D eigenvalue weighted by Crippen LogP contribution is 1.96. The Morgan fingerprint density at radius 2 is 1.92 bits per heavy atom. The maximum Gasteiger partial charge on any atom is 0.0205 e. The van der Waals surface area contributed by atoms with Crippen molar-refractivity contribution in [3.8, 4) is 0 Å². The number of hydrogen-bond acceptors (Lipinski definition) is 2. The molecule has 0 heterocycles. The molecule has 1 nitrogen and oxygen atoms in total. The lowest BCUT2D eigenvalue weighted by Gasteiger charge is -2.02. The molecule has 0 bridgehead atoms. The van der Waals surface area contributed by atoms with E-state index in [2.05, 4.69) is 42.2 Å². The van der Waals surface area contributed by atoms with E-state index >= 15 is 0 Å². The Bertz CT molecular complexity index is 198. The molecule has 0 unspecified atom stereocenters. The lowest BCUT2D eigenvalue weighted by Crippen LogP contribution is -2.14. The highest BCUT2D eigenvalue weighted by molar-refractivity contribution is 7.80. The lowest BCUT2D eigenvalue weighted by atomic mass is 10.2. The van der Waals surface area contributed by atoms with Crippen LogP contribution in [0.2, 0.25) is 0 Å². The van der Waals surface area contributed by atoms with Gasteiger partial charge < -0.3 is 5.32 Å². The van der Waals surface area contributed by atoms with Crippen LogP contribution in [0.15, 0.2) is 30.3 Å². The molecule has 0 saturated heterocycles. The standard InChI is InChI=1S/C10H15NS/c12-8-4-7-11-9-10-5-2-1-3-6-10/h1-3,5-6,11-12H,4,7-9H2. The Morgan fingerprint density at radius 1 is 1.17 bits per heavy atom. The van der Waals surface area contributed by atoms with Crippen LogP contribution in [-0.4, -0.2) is 12.3 Å². The molecule has 66 valence electrons. The van der Waals surface area contributed by atoms with Gasteiger partial charge in [0.15, 0.2) is 0 Å². The predicted octanol–water partition coefficient (Wildman–Crippen LogP) is 2.10. The molecule has 0 aliphatic heterocycles. The first-order valence-electron chi connectivity index (χ1n) is 4.29. The van der Waals surface area contributed by atoms with Gasteiger partial charge in [0.2, 0.25) is 0 Å². The number of nitrogens with one attached hydrogen (secondary N) is 1. The van der Waals surface area contributed by atoms with Crippen molar-refractivity contribution < 1.29 is 0 Å². The van der Waals surface area contributed by atoms with Crippen molar-refractivity contribution in [2.24, 2.45) is 0 Å². The molecule has 0 atom stereocenters. The average molecular weight is 181 g/mol. The topological polar surface area (TPSA) is 12.0 Å². The van der Waals surface area contributed by atoms with Gasteiger partial charge in [-0.3, -0.25) is 0 Å². The van der Waals surface area contributed by atoms with Gasteiger partial charge in [0.1, 0.15) is 0 Å². The van der Waals surface area contributed by atoms with Crippen LogP contribution in [0.1, 0.15) is 12.0 Å². The molecule has 0 aliphatic carbocycles. The molecule has 12 heavy (non-hydrogen) atoms. The Balaban J connectivity index is 2.16. The van der Waals surface area contributed by atoms with Crippen LogP contribution in [0.4, 0.5) is 0 Å². The fourth-order valence-electron chi connectivity index (χ4n) is 1.03. The van der Waals surface area contributed by atoms with Crippen molar-refractivity contribution in [2.75, 3.05) is 12.3 Å². The number of rotatable bonds is 5. The Labute approximate surface area is 79.6 Å². The highest BCUT2D eigenvalue weighted by atomic mass is 32.1. The molecule has 0 aliphatic rings. The first-order valence-corrected chi connectivity index (χ1v) is 4.92. The molecule has 2 heteroatoms. The number of thiol groups is 1. The van der Waals surface area contributed by atoms with Crippen molar-refractivity contribution in [1.29, 1.82) is 0 Å². The third kappa shape index (κ3) is 3.79. The van der Waals surface area contributed by atoms with Crippen LogP contribution in [0.25, 0.3) is 0 Å². The summed E-state index contributed by atoms with van der Waals surface area (Å²) in [5, 5.41) is 3.35. The third-order valence-corrected chi connectivity index (χ3v) is 2.00. The maximum atomic E-state index is 4.14.